The molecule has 0 spiro atoms. The molecule has 2 aliphatic rings. The largest absolute Gasteiger partial charge is 0.330 e. The molecule has 4 rings (SSSR count). The molecule has 2 aromatic rings. The number of rotatable bonds is 2. The number of hydrogen-bond acceptors (Lipinski definition) is 3. The molecule has 1 aromatic heterocycles. The molecule has 0 bridgehead atoms. The van der Waals surface area contributed by atoms with Crippen LogP contribution in [0.25, 0.3) is 0 Å². The van der Waals surface area contributed by atoms with Crippen molar-refractivity contribution in [3.63, 3.8) is 0 Å². The molecule has 0 radical (unpaired) electrons. The Balaban J connectivity index is 1.62. The Morgan fingerprint density at radius 2 is 2.05 bits per heavy atom. The first-order valence-electron chi connectivity index (χ1n) is 8.01. The van der Waals surface area contributed by atoms with Crippen molar-refractivity contribution < 1.29 is 4.79 Å². The van der Waals surface area contributed by atoms with Gasteiger partial charge in [-0.1, -0.05) is 6.07 Å². The van der Waals surface area contributed by atoms with Gasteiger partial charge in [0.2, 0.25) is 0 Å². The zero-order chi connectivity index (χ0) is 14.9. The van der Waals surface area contributed by atoms with E-state index in [0.29, 0.717) is 0 Å². The van der Waals surface area contributed by atoms with Crippen LogP contribution in [0.5, 0.6) is 0 Å². The Hall–Kier alpha value is -2.23. The normalized spacial score (nSPS) is 20.2. The first-order chi connectivity index (χ1) is 10.8. The Morgan fingerprint density at radius 3 is 2.91 bits per heavy atom. The van der Waals surface area contributed by atoms with Gasteiger partial charge in [-0.3, -0.25) is 4.79 Å². The lowest BCUT2D eigenvalue weighted by Gasteiger charge is -2.24. The Kier molecular flexibility index (Phi) is 3.37. The predicted molar refractivity (Wildman–Crippen MR) is 83.5 cm³/mol. The van der Waals surface area contributed by atoms with Crippen molar-refractivity contribution in [3.05, 3.63) is 59.2 Å². The molecule has 112 valence electrons. The first kappa shape index (κ1) is 13.4. The van der Waals surface area contributed by atoms with E-state index >= 15 is 0 Å². The Bertz CT molecular complexity index is 699. The third kappa shape index (κ3) is 2.28. The second-order valence-electron chi connectivity index (χ2n) is 6.13. The molecule has 1 aromatic carbocycles. The molecule has 1 aliphatic carbocycles. The van der Waals surface area contributed by atoms with Crippen LogP contribution in [-0.4, -0.2) is 27.3 Å². The molecule has 0 N–H and O–H groups in total. The zero-order valence-corrected chi connectivity index (χ0v) is 12.5. The molecule has 4 nitrogen and oxygen atoms in total. The fourth-order valence-corrected chi connectivity index (χ4v) is 3.69. The number of benzene rings is 1. The molecule has 0 saturated carbocycles. The van der Waals surface area contributed by atoms with E-state index < -0.39 is 0 Å². The molecule has 0 unspecified atom stereocenters. The number of aromatic nitrogens is 2. The smallest absolute Gasteiger partial charge is 0.254 e. The van der Waals surface area contributed by atoms with Crippen LogP contribution < -0.4 is 0 Å². The second kappa shape index (κ2) is 5.52. The van der Waals surface area contributed by atoms with E-state index in [2.05, 4.69) is 22.1 Å². The van der Waals surface area contributed by atoms with Crippen molar-refractivity contribution in [3.8, 4) is 0 Å². The van der Waals surface area contributed by atoms with E-state index in [9.17, 15) is 4.79 Å². The van der Waals surface area contributed by atoms with Crippen molar-refractivity contribution in [1.29, 1.82) is 0 Å². The van der Waals surface area contributed by atoms with Gasteiger partial charge in [0.1, 0.15) is 6.33 Å². The minimum absolute atomic E-state index is 0.0868. The summed E-state index contributed by atoms with van der Waals surface area (Å²) >= 11 is 0. The second-order valence-corrected chi connectivity index (χ2v) is 6.13. The van der Waals surface area contributed by atoms with E-state index in [4.69, 9.17) is 0 Å². The molecule has 1 saturated heterocycles. The van der Waals surface area contributed by atoms with Crippen LogP contribution in [0.3, 0.4) is 0 Å². The average molecular weight is 293 g/mol. The Morgan fingerprint density at radius 1 is 1.14 bits per heavy atom. The summed E-state index contributed by atoms with van der Waals surface area (Å²) < 4.78 is 0. The first-order valence-corrected chi connectivity index (χ1v) is 8.01. The van der Waals surface area contributed by atoms with E-state index in [1.807, 2.05) is 17.0 Å². The fraction of sp³-hybridized carbons (Fsp3) is 0.389. The van der Waals surface area contributed by atoms with Crippen molar-refractivity contribution in [1.82, 2.24) is 14.9 Å². The highest BCUT2D eigenvalue weighted by molar-refractivity contribution is 5.95. The van der Waals surface area contributed by atoms with Gasteiger partial charge in [-0.15, -0.1) is 0 Å². The zero-order valence-electron chi connectivity index (χ0n) is 12.5. The summed E-state index contributed by atoms with van der Waals surface area (Å²) in [6.07, 6.45) is 8.78. The topological polar surface area (TPSA) is 46.1 Å². The molecular formula is C18H19N3O. The lowest BCUT2D eigenvalue weighted by molar-refractivity contribution is 0.0732. The molecular weight excluding hydrogens is 274 g/mol. The minimum atomic E-state index is 0.0868. The summed E-state index contributed by atoms with van der Waals surface area (Å²) in [5, 5.41) is 0. The molecule has 2 heterocycles. The van der Waals surface area contributed by atoms with Crippen LogP contribution in [-0.2, 0) is 12.8 Å². The maximum atomic E-state index is 12.9. The standard InChI is InChI=1S/C18H19N3O/c22-18(15-7-6-13-3-1-4-14(13)11-15)21-10-2-5-17(21)16-8-9-19-12-20-16/h6-9,11-12,17H,1-5,10H2/t17-/m0/s1. The highest BCUT2D eigenvalue weighted by Gasteiger charge is 2.31. The fourth-order valence-electron chi connectivity index (χ4n) is 3.69. The van der Waals surface area contributed by atoms with Gasteiger partial charge in [0, 0.05) is 18.3 Å². The van der Waals surface area contributed by atoms with Gasteiger partial charge in [-0.25, -0.2) is 9.97 Å². The quantitative estimate of drug-likeness (QED) is 0.855. The number of fused-ring (bicyclic) bond motifs is 1. The van der Waals surface area contributed by atoms with Crippen LogP contribution in [0.15, 0.2) is 36.8 Å². The minimum Gasteiger partial charge on any atom is -0.330 e. The molecule has 4 heteroatoms. The van der Waals surface area contributed by atoms with Crippen LogP contribution in [0, 0.1) is 0 Å². The summed E-state index contributed by atoms with van der Waals surface area (Å²) in [5.41, 5.74) is 4.53. The number of hydrogen-bond donors (Lipinski definition) is 0. The summed E-state index contributed by atoms with van der Waals surface area (Å²) in [6, 6.07) is 8.22. The third-order valence-electron chi connectivity index (χ3n) is 4.81. The molecule has 1 fully saturated rings. The average Bonchev–Trinajstić information content (AvgIpc) is 3.23. The summed E-state index contributed by atoms with van der Waals surface area (Å²) in [6.45, 7) is 0.810. The molecule has 22 heavy (non-hydrogen) atoms. The molecule has 1 aliphatic heterocycles. The number of aryl methyl sites for hydroxylation is 2. The van der Waals surface area contributed by atoms with Crippen LogP contribution in [0.1, 0.15) is 52.5 Å². The number of carbonyl (C=O) groups excluding carboxylic acids is 1. The van der Waals surface area contributed by atoms with Gasteiger partial charge in [0.05, 0.1) is 11.7 Å². The number of likely N-dealkylation sites (tertiary alicyclic amines) is 1. The highest BCUT2D eigenvalue weighted by Crippen LogP contribution is 2.32. The lowest BCUT2D eigenvalue weighted by Crippen LogP contribution is -2.31. The van der Waals surface area contributed by atoms with E-state index in [1.165, 1.54) is 17.5 Å². The van der Waals surface area contributed by atoms with Crippen molar-refractivity contribution in [2.75, 3.05) is 6.54 Å². The van der Waals surface area contributed by atoms with Crippen LogP contribution in [0.2, 0.25) is 0 Å². The van der Waals surface area contributed by atoms with Crippen molar-refractivity contribution in [2.24, 2.45) is 0 Å². The third-order valence-corrected chi connectivity index (χ3v) is 4.81. The van der Waals surface area contributed by atoms with Crippen molar-refractivity contribution >= 4 is 5.91 Å². The number of carbonyl (C=O) groups is 1. The summed E-state index contributed by atoms with van der Waals surface area (Å²) in [7, 11) is 0. The van der Waals surface area contributed by atoms with Gasteiger partial charge in [0.25, 0.3) is 5.91 Å². The van der Waals surface area contributed by atoms with Gasteiger partial charge < -0.3 is 4.90 Å². The SMILES string of the molecule is O=C(c1ccc2c(c1)CCC2)N1CCC[C@H]1c1ccncn1. The lowest BCUT2D eigenvalue weighted by atomic mass is 10.0. The maximum Gasteiger partial charge on any atom is 0.254 e. The Labute approximate surface area is 130 Å². The predicted octanol–water partition coefficient (Wildman–Crippen LogP) is 2.94. The number of nitrogens with zero attached hydrogens (tertiary/aromatic N) is 3. The van der Waals surface area contributed by atoms with Gasteiger partial charge >= 0.3 is 0 Å². The number of amides is 1. The monoisotopic (exact) mass is 293 g/mol. The van der Waals surface area contributed by atoms with E-state index in [0.717, 1.165) is 43.5 Å². The maximum absolute atomic E-state index is 12.9. The van der Waals surface area contributed by atoms with Gasteiger partial charge in [-0.05, 0) is 61.4 Å². The molecule has 1 atom stereocenters. The van der Waals surface area contributed by atoms with Gasteiger partial charge in [0.15, 0.2) is 0 Å². The van der Waals surface area contributed by atoms with Crippen LogP contribution in [0.4, 0.5) is 0 Å². The summed E-state index contributed by atoms with van der Waals surface area (Å²) in [5.74, 6) is 0.135. The summed E-state index contributed by atoms with van der Waals surface area (Å²) in [4.78, 5) is 23.2. The van der Waals surface area contributed by atoms with E-state index in [-0.39, 0.29) is 11.9 Å². The molecule has 1 amide bonds. The van der Waals surface area contributed by atoms with Crippen LogP contribution >= 0.6 is 0 Å². The van der Waals surface area contributed by atoms with Gasteiger partial charge in [-0.2, -0.15) is 0 Å². The highest BCUT2D eigenvalue weighted by atomic mass is 16.2. The van der Waals surface area contributed by atoms with E-state index in [1.54, 1.807) is 12.5 Å². The van der Waals surface area contributed by atoms with Crippen molar-refractivity contribution in [2.45, 2.75) is 38.1 Å².